The molecule has 0 saturated heterocycles. The number of nitrogens with two attached hydrogens (primary N) is 1. The summed E-state index contributed by atoms with van der Waals surface area (Å²) in [4.78, 5) is 4.59. The van der Waals surface area contributed by atoms with Crippen LogP contribution in [0.1, 0.15) is 68.9 Å². The van der Waals surface area contributed by atoms with Crippen molar-refractivity contribution in [1.82, 2.24) is 10.1 Å². The minimum Gasteiger partial charge on any atom is -0.339 e. The molecular weight excluding hydrogens is 262 g/mol. The van der Waals surface area contributed by atoms with E-state index in [1.807, 2.05) is 12.1 Å². The van der Waals surface area contributed by atoms with Crippen molar-refractivity contribution in [2.45, 2.75) is 57.4 Å². The summed E-state index contributed by atoms with van der Waals surface area (Å²) in [5.74, 6) is 1.94. The van der Waals surface area contributed by atoms with Crippen molar-refractivity contribution in [1.29, 1.82) is 0 Å². The summed E-state index contributed by atoms with van der Waals surface area (Å²) in [6.07, 6.45) is 7.15. The molecule has 0 bridgehead atoms. The smallest absolute Gasteiger partial charge is 0.230 e. The van der Waals surface area contributed by atoms with Gasteiger partial charge in [-0.05, 0) is 24.8 Å². The van der Waals surface area contributed by atoms with Crippen LogP contribution in [0.3, 0.4) is 0 Å². The largest absolute Gasteiger partial charge is 0.339 e. The third-order valence-corrected chi connectivity index (χ3v) is 4.43. The van der Waals surface area contributed by atoms with E-state index in [4.69, 9.17) is 10.3 Å². The second kappa shape index (κ2) is 6.39. The first-order valence-corrected chi connectivity index (χ1v) is 7.97. The summed E-state index contributed by atoms with van der Waals surface area (Å²) in [6.45, 7) is 2.09. The lowest BCUT2D eigenvalue weighted by Crippen LogP contribution is -2.08. The lowest BCUT2D eigenvalue weighted by molar-refractivity contribution is 0.314. The fourth-order valence-electron chi connectivity index (χ4n) is 2.98. The predicted molar refractivity (Wildman–Crippen MR) is 82.8 cm³/mol. The summed E-state index contributed by atoms with van der Waals surface area (Å²) in [6, 6.07) is 8.27. The van der Waals surface area contributed by atoms with Crippen molar-refractivity contribution in [3.63, 3.8) is 0 Å². The van der Waals surface area contributed by atoms with E-state index in [1.54, 1.807) is 0 Å². The number of benzene rings is 1. The Hall–Kier alpha value is -1.68. The Labute approximate surface area is 125 Å². The summed E-state index contributed by atoms with van der Waals surface area (Å²) in [7, 11) is 0. The number of hydrogen-bond acceptors (Lipinski definition) is 4. The highest BCUT2D eigenvalue weighted by atomic mass is 16.5. The van der Waals surface area contributed by atoms with Crippen molar-refractivity contribution in [2.24, 2.45) is 5.73 Å². The van der Waals surface area contributed by atoms with Gasteiger partial charge in [-0.1, -0.05) is 55.6 Å². The van der Waals surface area contributed by atoms with Crippen LogP contribution in [0.4, 0.5) is 0 Å². The van der Waals surface area contributed by atoms with E-state index in [2.05, 4.69) is 29.2 Å². The van der Waals surface area contributed by atoms with Gasteiger partial charge >= 0.3 is 0 Å². The van der Waals surface area contributed by atoms with Gasteiger partial charge in [-0.3, -0.25) is 0 Å². The van der Waals surface area contributed by atoms with Crippen LogP contribution < -0.4 is 5.73 Å². The predicted octanol–water partition coefficient (Wildman–Crippen LogP) is 4.19. The van der Waals surface area contributed by atoms with Gasteiger partial charge in [0, 0.05) is 17.5 Å². The summed E-state index contributed by atoms with van der Waals surface area (Å²) in [5, 5.41) is 4.14. The Balaban J connectivity index is 1.76. The van der Waals surface area contributed by atoms with Gasteiger partial charge in [0.15, 0.2) is 0 Å². The van der Waals surface area contributed by atoms with Crippen molar-refractivity contribution >= 4 is 0 Å². The van der Waals surface area contributed by atoms with Gasteiger partial charge < -0.3 is 10.3 Å². The first kappa shape index (κ1) is 14.3. The Morgan fingerprint density at radius 1 is 1.19 bits per heavy atom. The topological polar surface area (TPSA) is 64.9 Å². The van der Waals surface area contributed by atoms with Crippen molar-refractivity contribution in [3.05, 3.63) is 35.7 Å². The van der Waals surface area contributed by atoms with E-state index >= 15 is 0 Å². The molecule has 3 rings (SSSR count). The highest BCUT2D eigenvalue weighted by Gasteiger charge is 2.21. The molecule has 21 heavy (non-hydrogen) atoms. The van der Waals surface area contributed by atoms with E-state index < -0.39 is 0 Å². The fraction of sp³-hybridized carbons (Fsp3) is 0.529. The average Bonchev–Trinajstić information content (AvgIpc) is 3.05. The highest BCUT2D eigenvalue weighted by molar-refractivity contribution is 5.54. The Bertz CT molecular complexity index is 570. The molecular formula is C17H23N3O. The van der Waals surface area contributed by atoms with Crippen LogP contribution in [0.15, 0.2) is 28.8 Å². The number of hydrogen-bond donors (Lipinski definition) is 1. The maximum Gasteiger partial charge on any atom is 0.230 e. The Morgan fingerprint density at radius 3 is 2.57 bits per heavy atom. The minimum atomic E-state index is 0.0992. The van der Waals surface area contributed by atoms with E-state index in [1.165, 1.54) is 32.1 Å². The zero-order valence-electron chi connectivity index (χ0n) is 12.6. The third-order valence-electron chi connectivity index (χ3n) is 4.43. The first-order valence-electron chi connectivity index (χ1n) is 7.97. The van der Waals surface area contributed by atoms with Crippen LogP contribution in [0.5, 0.6) is 0 Å². The molecule has 2 aromatic rings. The van der Waals surface area contributed by atoms with Crippen molar-refractivity contribution in [3.8, 4) is 11.4 Å². The summed E-state index contributed by atoms with van der Waals surface area (Å²) >= 11 is 0. The molecule has 1 aromatic heterocycles. The molecule has 0 amide bonds. The van der Waals surface area contributed by atoms with Crippen LogP contribution >= 0.6 is 0 Å². The lowest BCUT2D eigenvalue weighted by atomic mass is 9.89. The molecule has 1 aromatic carbocycles. The lowest BCUT2D eigenvalue weighted by Gasteiger charge is -2.17. The zero-order chi connectivity index (χ0) is 14.7. The fourth-order valence-corrected chi connectivity index (χ4v) is 2.98. The molecule has 1 unspecified atom stereocenters. The maximum absolute atomic E-state index is 6.03. The molecule has 1 heterocycles. The molecule has 4 nitrogen and oxygen atoms in total. The van der Waals surface area contributed by atoms with E-state index in [9.17, 15) is 0 Å². The molecule has 1 aliphatic rings. The average molecular weight is 285 g/mol. The van der Waals surface area contributed by atoms with Crippen LogP contribution in [-0.4, -0.2) is 10.1 Å². The molecule has 4 heteroatoms. The molecule has 1 aliphatic carbocycles. The molecule has 112 valence electrons. The van der Waals surface area contributed by atoms with E-state index in [-0.39, 0.29) is 6.04 Å². The van der Waals surface area contributed by atoms with E-state index in [0.29, 0.717) is 11.7 Å². The monoisotopic (exact) mass is 285 g/mol. The molecule has 0 radical (unpaired) electrons. The van der Waals surface area contributed by atoms with Gasteiger partial charge in [-0.15, -0.1) is 0 Å². The van der Waals surface area contributed by atoms with Gasteiger partial charge in [0.25, 0.3) is 0 Å². The second-order valence-corrected chi connectivity index (χ2v) is 5.93. The molecule has 2 N–H and O–H groups in total. The standard InChI is InChI=1S/C17H23N3O/c1-2-15(18)12-8-10-13(11-9-12)16-19-17(21-20-16)14-6-4-3-5-7-14/h8-11,14-15H,2-7,18H2,1H3. The summed E-state index contributed by atoms with van der Waals surface area (Å²) < 4.78 is 5.47. The van der Waals surface area contributed by atoms with Gasteiger partial charge in [0.1, 0.15) is 0 Å². The normalized spacial score (nSPS) is 17.8. The van der Waals surface area contributed by atoms with Crippen LogP contribution in [-0.2, 0) is 0 Å². The van der Waals surface area contributed by atoms with Crippen LogP contribution in [0.2, 0.25) is 0 Å². The number of rotatable bonds is 4. The summed E-state index contributed by atoms with van der Waals surface area (Å²) in [5.41, 5.74) is 8.18. The maximum atomic E-state index is 6.03. The Kier molecular flexibility index (Phi) is 4.34. The SMILES string of the molecule is CCC(N)c1ccc(-c2noc(C3CCCCC3)n2)cc1. The quantitative estimate of drug-likeness (QED) is 0.914. The number of nitrogens with zero attached hydrogens (tertiary/aromatic N) is 2. The molecule has 1 saturated carbocycles. The van der Waals surface area contributed by atoms with Crippen molar-refractivity contribution < 1.29 is 4.52 Å². The highest BCUT2D eigenvalue weighted by Crippen LogP contribution is 2.32. The van der Waals surface area contributed by atoms with Gasteiger partial charge in [0.2, 0.25) is 11.7 Å². The molecule has 1 fully saturated rings. The zero-order valence-corrected chi connectivity index (χ0v) is 12.6. The van der Waals surface area contributed by atoms with E-state index in [0.717, 1.165) is 23.4 Å². The van der Waals surface area contributed by atoms with Gasteiger partial charge in [-0.25, -0.2) is 0 Å². The minimum absolute atomic E-state index is 0.0992. The first-order chi connectivity index (χ1) is 10.3. The van der Waals surface area contributed by atoms with Gasteiger partial charge in [0.05, 0.1) is 0 Å². The number of aromatic nitrogens is 2. The molecule has 0 spiro atoms. The molecule has 0 aliphatic heterocycles. The molecule has 1 atom stereocenters. The Morgan fingerprint density at radius 2 is 1.90 bits per heavy atom. The third kappa shape index (κ3) is 3.16. The van der Waals surface area contributed by atoms with Crippen LogP contribution in [0, 0.1) is 0 Å². The second-order valence-electron chi connectivity index (χ2n) is 5.93. The van der Waals surface area contributed by atoms with Crippen LogP contribution in [0.25, 0.3) is 11.4 Å². The van der Waals surface area contributed by atoms with Crippen molar-refractivity contribution in [2.75, 3.05) is 0 Å². The van der Waals surface area contributed by atoms with Gasteiger partial charge in [-0.2, -0.15) is 4.98 Å².